The molecule has 4 rings (SSSR count). The molecular formula is C27H29ClFN3O5S2. The van der Waals surface area contributed by atoms with Gasteiger partial charge in [-0.25, -0.2) is 25.5 Å². The molecule has 1 aliphatic heterocycles. The van der Waals surface area contributed by atoms with Crippen LogP contribution in [-0.2, 0) is 30.6 Å². The van der Waals surface area contributed by atoms with Gasteiger partial charge < -0.3 is 5.32 Å². The molecule has 0 bridgehead atoms. The predicted octanol–water partition coefficient (Wildman–Crippen LogP) is 5.08. The van der Waals surface area contributed by atoms with E-state index in [0.717, 1.165) is 17.2 Å². The zero-order chi connectivity index (χ0) is 28.4. The van der Waals surface area contributed by atoms with Crippen LogP contribution in [0.25, 0.3) is 0 Å². The summed E-state index contributed by atoms with van der Waals surface area (Å²) in [5, 5.41) is 2.83. The lowest BCUT2D eigenvalue weighted by Crippen LogP contribution is -2.42. The summed E-state index contributed by atoms with van der Waals surface area (Å²) in [5.41, 5.74) is 2.49. The van der Waals surface area contributed by atoms with Crippen molar-refractivity contribution < 1.29 is 26.0 Å². The van der Waals surface area contributed by atoms with Crippen molar-refractivity contribution in [3.63, 3.8) is 0 Å². The number of carbonyl (C=O) groups excluding carboxylic acids is 1. The van der Waals surface area contributed by atoms with Crippen LogP contribution in [0.1, 0.15) is 29.5 Å². The molecule has 1 amide bonds. The van der Waals surface area contributed by atoms with Crippen molar-refractivity contribution in [2.75, 3.05) is 23.1 Å². The van der Waals surface area contributed by atoms with Crippen molar-refractivity contribution >= 4 is 48.9 Å². The molecule has 12 heteroatoms. The van der Waals surface area contributed by atoms with Crippen LogP contribution in [0.2, 0.25) is 5.02 Å². The highest BCUT2D eigenvalue weighted by Crippen LogP contribution is 2.27. The minimum atomic E-state index is -3.83. The first-order chi connectivity index (χ1) is 18.4. The van der Waals surface area contributed by atoms with Crippen molar-refractivity contribution in [3.8, 4) is 0 Å². The fourth-order valence-corrected chi connectivity index (χ4v) is 7.59. The van der Waals surface area contributed by atoms with E-state index in [1.54, 1.807) is 0 Å². The van der Waals surface area contributed by atoms with Gasteiger partial charge in [-0.3, -0.25) is 9.52 Å². The van der Waals surface area contributed by atoms with E-state index in [1.165, 1.54) is 40.7 Å². The summed E-state index contributed by atoms with van der Waals surface area (Å²) in [4.78, 5) is 12.9. The fraction of sp³-hybridized carbons (Fsp3) is 0.296. The molecule has 1 fully saturated rings. The molecule has 3 aromatic rings. The number of halogens is 2. The van der Waals surface area contributed by atoms with E-state index < -0.39 is 37.5 Å². The second kappa shape index (κ2) is 11.6. The maximum Gasteiger partial charge on any atom is 0.261 e. The fourth-order valence-electron chi connectivity index (χ4n) is 4.47. The second-order valence-corrected chi connectivity index (χ2v) is 13.6. The lowest BCUT2D eigenvalue weighted by atomic mass is 9.97. The van der Waals surface area contributed by atoms with E-state index in [9.17, 15) is 26.0 Å². The zero-order valence-corrected chi connectivity index (χ0v) is 23.8. The van der Waals surface area contributed by atoms with Crippen LogP contribution < -0.4 is 10.0 Å². The van der Waals surface area contributed by atoms with Crippen molar-refractivity contribution in [2.24, 2.45) is 5.92 Å². The summed E-state index contributed by atoms with van der Waals surface area (Å²) in [5.74, 6) is -1.94. The van der Waals surface area contributed by atoms with Crippen molar-refractivity contribution in [3.05, 3.63) is 88.2 Å². The van der Waals surface area contributed by atoms with Crippen LogP contribution in [0.3, 0.4) is 0 Å². The first kappa shape index (κ1) is 29.0. The van der Waals surface area contributed by atoms with Gasteiger partial charge in [0.2, 0.25) is 15.9 Å². The summed E-state index contributed by atoms with van der Waals surface area (Å²) in [6.07, 6.45) is 0.588. The van der Waals surface area contributed by atoms with Gasteiger partial charge in [-0.15, -0.1) is 0 Å². The number of hydrogen-bond acceptors (Lipinski definition) is 5. The van der Waals surface area contributed by atoms with E-state index in [1.807, 2.05) is 32.0 Å². The summed E-state index contributed by atoms with van der Waals surface area (Å²) < 4.78 is 69.4. The Morgan fingerprint density at radius 2 is 1.54 bits per heavy atom. The van der Waals surface area contributed by atoms with E-state index >= 15 is 0 Å². The van der Waals surface area contributed by atoms with Gasteiger partial charge in [0.25, 0.3) is 10.0 Å². The number of sulfonamides is 2. The molecule has 0 unspecified atom stereocenters. The molecule has 8 nitrogen and oxygen atoms in total. The highest BCUT2D eigenvalue weighted by atomic mass is 35.5. The molecule has 1 heterocycles. The third-order valence-electron chi connectivity index (χ3n) is 6.76. The average Bonchev–Trinajstić information content (AvgIpc) is 2.89. The largest absolute Gasteiger partial charge is 0.326 e. The van der Waals surface area contributed by atoms with Crippen LogP contribution in [0, 0.1) is 25.6 Å². The number of piperidine rings is 1. The van der Waals surface area contributed by atoms with Crippen LogP contribution in [0.4, 0.5) is 15.8 Å². The molecule has 1 saturated heterocycles. The molecule has 0 saturated carbocycles. The topological polar surface area (TPSA) is 113 Å². The lowest BCUT2D eigenvalue weighted by Gasteiger charge is -2.30. The molecule has 0 aromatic heterocycles. The summed E-state index contributed by atoms with van der Waals surface area (Å²) >= 11 is 5.99. The van der Waals surface area contributed by atoms with E-state index in [0.29, 0.717) is 24.2 Å². The Labute approximate surface area is 233 Å². The zero-order valence-electron chi connectivity index (χ0n) is 21.4. The van der Waals surface area contributed by atoms with Gasteiger partial charge in [0, 0.05) is 35.3 Å². The van der Waals surface area contributed by atoms with Crippen molar-refractivity contribution in [1.29, 1.82) is 0 Å². The van der Waals surface area contributed by atoms with Gasteiger partial charge in [0.1, 0.15) is 5.82 Å². The molecular weight excluding hydrogens is 565 g/mol. The monoisotopic (exact) mass is 593 g/mol. The number of benzene rings is 3. The van der Waals surface area contributed by atoms with E-state index in [2.05, 4.69) is 10.0 Å². The van der Waals surface area contributed by atoms with Gasteiger partial charge in [-0.05, 0) is 74.2 Å². The minimum Gasteiger partial charge on any atom is -0.326 e. The summed E-state index contributed by atoms with van der Waals surface area (Å²) in [7, 11) is -7.65. The SMILES string of the molecule is Cc1cccc(C)c1NS(=O)(=O)c1ccc(NC(=O)C2CCN(S(=O)(=O)Cc3c(F)cccc3Cl)CC2)cc1. The molecule has 208 valence electrons. The molecule has 2 N–H and O–H groups in total. The molecule has 3 aromatic carbocycles. The Balaban J connectivity index is 1.34. The second-order valence-electron chi connectivity index (χ2n) is 9.52. The van der Waals surface area contributed by atoms with Crippen LogP contribution >= 0.6 is 11.6 Å². The molecule has 1 aliphatic rings. The Kier molecular flexibility index (Phi) is 8.65. The maximum atomic E-state index is 14.1. The number of hydrogen-bond donors (Lipinski definition) is 2. The average molecular weight is 594 g/mol. The van der Waals surface area contributed by atoms with E-state index in [-0.39, 0.29) is 34.5 Å². The number of nitrogens with zero attached hydrogens (tertiary/aromatic N) is 1. The summed E-state index contributed by atoms with van der Waals surface area (Å²) in [6, 6.07) is 15.3. The molecule has 39 heavy (non-hydrogen) atoms. The predicted molar refractivity (Wildman–Crippen MR) is 150 cm³/mol. The highest BCUT2D eigenvalue weighted by Gasteiger charge is 2.32. The third-order valence-corrected chi connectivity index (χ3v) is 10.3. The number of carbonyl (C=O) groups is 1. The van der Waals surface area contributed by atoms with Gasteiger partial charge >= 0.3 is 0 Å². The van der Waals surface area contributed by atoms with Crippen molar-refractivity contribution in [2.45, 2.75) is 37.3 Å². The first-order valence-electron chi connectivity index (χ1n) is 12.3. The number of amides is 1. The summed E-state index contributed by atoms with van der Waals surface area (Å²) in [6.45, 7) is 3.88. The third kappa shape index (κ3) is 6.78. The van der Waals surface area contributed by atoms with Crippen LogP contribution in [-0.4, -0.2) is 40.1 Å². The maximum absolute atomic E-state index is 14.1. The number of rotatable bonds is 8. The molecule has 0 radical (unpaired) electrons. The Hall–Kier alpha value is -2.99. The number of para-hydroxylation sites is 1. The molecule has 0 spiro atoms. The van der Waals surface area contributed by atoms with E-state index in [4.69, 9.17) is 11.6 Å². The Bertz CT molecular complexity index is 1550. The first-order valence-corrected chi connectivity index (χ1v) is 15.7. The van der Waals surface area contributed by atoms with Crippen LogP contribution in [0.5, 0.6) is 0 Å². The highest BCUT2D eigenvalue weighted by molar-refractivity contribution is 7.92. The quantitative estimate of drug-likeness (QED) is 0.378. The van der Waals surface area contributed by atoms with Crippen molar-refractivity contribution in [1.82, 2.24) is 4.31 Å². The standard InChI is InChI=1S/C27H29ClFN3O5S2/c1-18-5-3-6-19(2)26(18)31-39(36,37)22-11-9-21(10-12-22)30-27(33)20-13-15-32(16-14-20)38(34,35)17-23-24(28)7-4-8-25(23)29/h3-12,20,31H,13-17H2,1-2H3,(H,30,33). The van der Waals surface area contributed by atoms with Gasteiger partial charge in [-0.1, -0.05) is 35.9 Å². The number of anilines is 2. The molecule has 0 aliphatic carbocycles. The smallest absolute Gasteiger partial charge is 0.261 e. The number of nitrogens with one attached hydrogen (secondary N) is 2. The Morgan fingerprint density at radius 1 is 0.949 bits per heavy atom. The molecule has 0 atom stereocenters. The Morgan fingerprint density at radius 3 is 2.13 bits per heavy atom. The van der Waals surface area contributed by atoms with Crippen LogP contribution in [0.15, 0.2) is 65.6 Å². The van der Waals surface area contributed by atoms with Gasteiger partial charge in [0.05, 0.1) is 16.3 Å². The van der Waals surface area contributed by atoms with Gasteiger partial charge in [0.15, 0.2) is 0 Å². The minimum absolute atomic E-state index is 0.0488. The number of aryl methyl sites for hydroxylation is 2. The van der Waals surface area contributed by atoms with Gasteiger partial charge in [-0.2, -0.15) is 0 Å². The lowest BCUT2D eigenvalue weighted by molar-refractivity contribution is -0.120. The normalized spacial score (nSPS) is 15.2.